The van der Waals surface area contributed by atoms with Crippen LogP contribution in [0.25, 0.3) is 5.57 Å². The van der Waals surface area contributed by atoms with Gasteiger partial charge in [0.15, 0.2) is 11.3 Å². The van der Waals surface area contributed by atoms with E-state index in [9.17, 15) is 4.79 Å². The molecule has 1 saturated heterocycles. The van der Waals surface area contributed by atoms with Crippen molar-refractivity contribution in [2.24, 2.45) is 0 Å². The van der Waals surface area contributed by atoms with Crippen LogP contribution in [0.3, 0.4) is 0 Å². The highest BCUT2D eigenvalue weighted by atomic mass is 16.5. The van der Waals surface area contributed by atoms with E-state index in [0.29, 0.717) is 19.1 Å². The zero-order valence-electron chi connectivity index (χ0n) is 13.7. The van der Waals surface area contributed by atoms with E-state index in [2.05, 4.69) is 0 Å². The van der Waals surface area contributed by atoms with Crippen molar-refractivity contribution in [1.82, 2.24) is 0 Å². The summed E-state index contributed by atoms with van der Waals surface area (Å²) in [6, 6.07) is 8.58. The van der Waals surface area contributed by atoms with Crippen LogP contribution in [0.2, 0.25) is 0 Å². The Morgan fingerprint density at radius 2 is 1.96 bits per heavy atom. The molecule has 4 nitrogen and oxygen atoms in total. The molecule has 2 rings (SSSR count). The van der Waals surface area contributed by atoms with E-state index < -0.39 is 0 Å². The average Bonchev–Trinajstić information content (AvgIpc) is 2.58. The number of rotatable bonds is 3. The van der Waals surface area contributed by atoms with Gasteiger partial charge in [0.1, 0.15) is 6.26 Å². The molecular weight excluding hydrogens is 290 g/mol. The largest absolute Gasteiger partial charge is 0.448 e. The van der Waals surface area contributed by atoms with Crippen molar-refractivity contribution in [3.63, 3.8) is 0 Å². The molecule has 23 heavy (non-hydrogen) atoms. The zero-order chi connectivity index (χ0) is 16.5. The smallest absolute Gasteiger partial charge is 0.199 e. The van der Waals surface area contributed by atoms with Crippen LogP contribution in [0, 0.1) is 0 Å². The highest BCUT2D eigenvalue weighted by Gasteiger charge is 2.12. The first kappa shape index (κ1) is 17.0. The number of nitrogens with zero attached hydrogens (tertiary/aromatic N) is 1. The molecule has 4 heteroatoms. The third-order valence-electron chi connectivity index (χ3n) is 3.54. The van der Waals surface area contributed by atoms with Crippen LogP contribution in [-0.4, -0.2) is 26.3 Å². The molecule has 0 radical (unpaired) electrons. The van der Waals surface area contributed by atoms with Gasteiger partial charge >= 0.3 is 0 Å². The molecule has 1 aliphatic rings. The number of anilines is 1. The van der Waals surface area contributed by atoms with Crippen LogP contribution in [0.15, 0.2) is 64.0 Å². The van der Waals surface area contributed by atoms with Crippen LogP contribution in [0.1, 0.15) is 19.4 Å². The van der Waals surface area contributed by atoms with E-state index in [1.54, 1.807) is 12.3 Å². The fourth-order valence-electron chi connectivity index (χ4n) is 2.19. The Kier molecular flexibility index (Phi) is 6.63. The van der Waals surface area contributed by atoms with E-state index in [-0.39, 0.29) is 5.43 Å². The summed E-state index contributed by atoms with van der Waals surface area (Å²) in [4.78, 5) is 14.0. The number of hydrogen-bond acceptors (Lipinski definition) is 4. The van der Waals surface area contributed by atoms with Gasteiger partial charge in [0.2, 0.25) is 0 Å². The molecule has 0 spiro atoms. The molecule has 1 aromatic heterocycles. The SMILES string of the molecule is C/C=C\C=C(/C)c1ccccc(=O)cc(N2CCOCC2)oc1. The molecule has 1 aromatic rings. The minimum absolute atomic E-state index is 0.0887. The highest BCUT2D eigenvalue weighted by Crippen LogP contribution is 2.16. The van der Waals surface area contributed by atoms with Crippen molar-refractivity contribution in [3.05, 3.63) is 70.6 Å². The first-order valence-corrected chi connectivity index (χ1v) is 7.80. The van der Waals surface area contributed by atoms with Crippen LogP contribution in [0.5, 0.6) is 0 Å². The van der Waals surface area contributed by atoms with Crippen molar-refractivity contribution in [3.8, 4) is 0 Å². The molecular formula is C19H23NO3. The van der Waals surface area contributed by atoms with Gasteiger partial charge in [-0.15, -0.1) is 0 Å². The van der Waals surface area contributed by atoms with E-state index >= 15 is 0 Å². The number of morpholine rings is 1. The van der Waals surface area contributed by atoms with Gasteiger partial charge in [-0.1, -0.05) is 36.4 Å². The Morgan fingerprint density at radius 1 is 1.22 bits per heavy atom. The summed E-state index contributed by atoms with van der Waals surface area (Å²) < 4.78 is 11.2. The Hall–Kier alpha value is -2.33. The molecule has 0 unspecified atom stereocenters. The number of allylic oxidation sites excluding steroid dienone is 4. The predicted octanol–water partition coefficient (Wildman–Crippen LogP) is 3.58. The molecule has 2 heterocycles. The second-order valence-electron chi connectivity index (χ2n) is 5.27. The van der Waals surface area contributed by atoms with Crippen molar-refractivity contribution in [2.45, 2.75) is 13.8 Å². The maximum absolute atomic E-state index is 11.9. The third-order valence-corrected chi connectivity index (χ3v) is 3.54. The van der Waals surface area contributed by atoms with Gasteiger partial charge in [-0.2, -0.15) is 0 Å². The molecule has 1 fully saturated rings. The lowest BCUT2D eigenvalue weighted by atomic mass is 10.1. The Bertz CT molecular complexity index is 681. The lowest BCUT2D eigenvalue weighted by Gasteiger charge is -2.26. The normalized spacial score (nSPS) is 15.6. The Balaban J connectivity index is 2.49. The molecule has 0 atom stereocenters. The Labute approximate surface area is 137 Å². The summed E-state index contributed by atoms with van der Waals surface area (Å²) in [7, 11) is 0. The summed E-state index contributed by atoms with van der Waals surface area (Å²) in [6.07, 6.45) is 7.69. The quantitative estimate of drug-likeness (QED) is 0.800. The molecule has 0 saturated carbocycles. The van der Waals surface area contributed by atoms with Crippen molar-refractivity contribution >= 4 is 11.5 Å². The standard InChI is InChI=1S/C19H23NO3/c1-3-4-7-16(2)17-8-5-6-9-18(21)14-19(23-15-17)20-10-12-22-13-11-20/h3-9,14-15H,10-13H2,1-2H3/b4-3-,8-5?,9-6?,16-7+,17-15?,19-14?. The molecule has 0 aromatic carbocycles. The predicted molar refractivity (Wildman–Crippen MR) is 94.1 cm³/mol. The minimum atomic E-state index is -0.0887. The maximum atomic E-state index is 11.9. The molecule has 1 aliphatic heterocycles. The van der Waals surface area contributed by atoms with Crippen molar-refractivity contribution in [2.75, 3.05) is 31.2 Å². The van der Waals surface area contributed by atoms with Crippen LogP contribution in [0.4, 0.5) is 5.88 Å². The second kappa shape index (κ2) is 8.96. The lowest BCUT2D eigenvalue weighted by molar-refractivity contribution is 0.120. The van der Waals surface area contributed by atoms with Gasteiger partial charge in [-0.25, -0.2) is 0 Å². The molecule has 0 N–H and O–H groups in total. The van der Waals surface area contributed by atoms with Gasteiger partial charge in [-0.3, -0.25) is 4.79 Å². The zero-order valence-corrected chi connectivity index (χ0v) is 13.7. The number of ether oxygens (including phenoxy) is 1. The first-order chi connectivity index (χ1) is 11.2. The maximum Gasteiger partial charge on any atom is 0.199 e. The highest BCUT2D eigenvalue weighted by molar-refractivity contribution is 5.63. The number of hydrogen-bond donors (Lipinski definition) is 0. The van der Waals surface area contributed by atoms with Gasteiger partial charge in [0.25, 0.3) is 0 Å². The molecule has 0 bridgehead atoms. The summed E-state index contributed by atoms with van der Waals surface area (Å²) in [5, 5.41) is 0. The summed E-state index contributed by atoms with van der Waals surface area (Å²) in [5.74, 6) is 0.564. The van der Waals surface area contributed by atoms with Crippen LogP contribution >= 0.6 is 0 Å². The molecule has 0 aliphatic carbocycles. The third kappa shape index (κ3) is 5.42. The average molecular weight is 313 g/mol. The summed E-state index contributed by atoms with van der Waals surface area (Å²) in [5.41, 5.74) is 1.96. The van der Waals surface area contributed by atoms with E-state index in [4.69, 9.17) is 9.15 Å². The minimum Gasteiger partial charge on any atom is -0.448 e. The topological polar surface area (TPSA) is 42.7 Å². The van der Waals surface area contributed by atoms with E-state index in [1.807, 2.05) is 49.1 Å². The first-order valence-electron chi connectivity index (χ1n) is 7.80. The van der Waals surface area contributed by atoms with E-state index in [1.165, 1.54) is 12.1 Å². The lowest BCUT2D eigenvalue weighted by Crippen LogP contribution is -2.36. The van der Waals surface area contributed by atoms with Gasteiger partial charge < -0.3 is 14.1 Å². The molecule has 0 amide bonds. The second-order valence-corrected chi connectivity index (χ2v) is 5.27. The fourth-order valence-corrected chi connectivity index (χ4v) is 2.19. The van der Waals surface area contributed by atoms with Crippen LogP contribution in [-0.2, 0) is 4.74 Å². The summed E-state index contributed by atoms with van der Waals surface area (Å²) in [6.45, 7) is 6.72. The van der Waals surface area contributed by atoms with E-state index in [0.717, 1.165) is 24.2 Å². The van der Waals surface area contributed by atoms with Gasteiger partial charge in [-0.05, 0) is 25.5 Å². The van der Waals surface area contributed by atoms with Crippen LogP contribution < -0.4 is 10.3 Å². The molecule has 122 valence electrons. The fraction of sp³-hybridized carbons (Fsp3) is 0.316. The summed E-state index contributed by atoms with van der Waals surface area (Å²) >= 11 is 0. The van der Waals surface area contributed by atoms with Crippen molar-refractivity contribution in [1.29, 1.82) is 0 Å². The van der Waals surface area contributed by atoms with Gasteiger partial charge in [0, 0.05) is 24.7 Å². The van der Waals surface area contributed by atoms with Crippen molar-refractivity contribution < 1.29 is 9.15 Å². The monoisotopic (exact) mass is 313 g/mol. The van der Waals surface area contributed by atoms with Gasteiger partial charge in [0.05, 0.1) is 13.2 Å². The Morgan fingerprint density at radius 3 is 2.70 bits per heavy atom.